The Labute approximate surface area is 166 Å². The fourth-order valence-corrected chi connectivity index (χ4v) is 3.39. The lowest BCUT2D eigenvalue weighted by Crippen LogP contribution is -2.27. The Bertz CT molecular complexity index is 1230. The number of hydrogen-bond acceptors (Lipinski definition) is 3. The predicted molar refractivity (Wildman–Crippen MR) is 110 cm³/mol. The van der Waals surface area contributed by atoms with Gasteiger partial charge in [0.25, 0.3) is 5.56 Å². The summed E-state index contributed by atoms with van der Waals surface area (Å²) in [6, 6.07) is 18.0. The minimum absolute atomic E-state index is 0.0884. The van der Waals surface area contributed by atoms with E-state index in [1.165, 1.54) is 4.68 Å². The predicted octanol–water partition coefficient (Wildman–Crippen LogP) is 3.79. The van der Waals surface area contributed by atoms with E-state index in [0.717, 1.165) is 5.56 Å². The van der Waals surface area contributed by atoms with Gasteiger partial charge in [-0.2, -0.15) is 0 Å². The maximum absolute atomic E-state index is 12.9. The zero-order valence-electron chi connectivity index (χ0n) is 15.1. The van der Waals surface area contributed by atoms with Crippen molar-refractivity contribution in [2.24, 2.45) is 0 Å². The fourth-order valence-electron chi connectivity index (χ4n) is 3.11. The Hall–Kier alpha value is -3.38. The molecule has 140 valence electrons. The molecular weight excluding hydrogens is 376 g/mol. The third-order valence-corrected chi connectivity index (χ3v) is 4.70. The Morgan fingerprint density at radius 1 is 1.11 bits per heavy atom. The molecular formula is C21H17ClN4O2. The number of aryl methyl sites for hydroxylation is 1. The molecule has 2 aromatic heterocycles. The number of carbonyl (C=O) groups excluding carboxylic acids is 1. The van der Waals surface area contributed by atoms with Crippen LogP contribution in [0.2, 0.25) is 5.02 Å². The summed E-state index contributed by atoms with van der Waals surface area (Å²) >= 11 is 6.21. The third-order valence-electron chi connectivity index (χ3n) is 4.39. The molecule has 0 aliphatic rings. The summed E-state index contributed by atoms with van der Waals surface area (Å²) in [6.45, 7) is 1.84. The summed E-state index contributed by atoms with van der Waals surface area (Å²) in [4.78, 5) is 30.0. The second kappa shape index (κ2) is 7.32. The van der Waals surface area contributed by atoms with E-state index in [4.69, 9.17) is 11.6 Å². The molecule has 0 unspecified atom stereocenters. The fraction of sp³-hybridized carbons (Fsp3) is 0.0952. The van der Waals surface area contributed by atoms with Crippen LogP contribution < -0.4 is 10.9 Å². The van der Waals surface area contributed by atoms with Crippen molar-refractivity contribution in [2.75, 3.05) is 5.32 Å². The highest BCUT2D eigenvalue weighted by Crippen LogP contribution is 2.23. The standard InChI is InChI=1S/C21H17ClN4O2/c1-14-9-10-18(17(22)12-14)24-19(27)13-25-20-16(8-5-11-23-20)21(28)26(25)15-6-3-2-4-7-15/h2-12H,13H2,1H3,(H,24,27). The molecule has 28 heavy (non-hydrogen) atoms. The number of rotatable bonds is 4. The minimum atomic E-state index is -0.307. The first kappa shape index (κ1) is 18.0. The summed E-state index contributed by atoms with van der Waals surface area (Å²) < 4.78 is 3.04. The van der Waals surface area contributed by atoms with Crippen molar-refractivity contribution in [2.45, 2.75) is 13.5 Å². The summed E-state index contributed by atoms with van der Waals surface area (Å²) in [5.74, 6) is -0.307. The highest BCUT2D eigenvalue weighted by Gasteiger charge is 2.18. The molecule has 0 saturated heterocycles. The van der Waals surface area contributed by atoms with Crippen LogP contribution in [0.5, 0.6) is 0 Å². The molecule has 2 aromatic carbocycles. The number of anilines is 1. The monoisotopic (exact) mass is 392 g/mol. The molecule has 7 heteroatoms. The molecule has 0 bridgehead atoms. The van der Waals surface area contributed by atoms with Crippen molar-refractivity contribution < 1.29 is 4.79 Å². The van der Waals surface area contributed by atoms with Crippen molar-refractivity contribution in [3.05, 3.63) is 87.8 Å². The van der Waals surface area contributed by atoms with Gasteiger partial charge in [-0.05, 0) is 48.9 Å². The van der Waals surface area contributed by atoms with E-state index in [1.54, 1.807) is 35.1 Å². The molecule has 0 aliphatic heterocycles. The van der Waals surface area contributed by atoms with Gasteiger partial charge in [-0.25, -0.2) is 9.67 Å². The third kappa shape index (κ3) is 3.30. The van der Waals surface area contributed by atoms with Gasteiger partial charge >= 0.3 is 0 Å². The number of para-hydroxylation sites is 1. The van der Waals surface area contributed by atoms with Crippen LogP contribution in [0.1, 0.15) is 5.56 Å². The van der Waals surface area contributed by atoms with Gasteiger partial charge in [0, 0.05) is 6.20 Å². The summed E-state index contributed by atoms with van der Waals surface area (Å²) in [6.07, 6.45) is 1.60. The first-order valence-electron chi connectivity index (χ1n) is 8.72. The highest BCUT2D eigenvalue weighted by atomic mass is 35.5. The van der Waals surface area contributed by atoms with Crippen LogP contribution in [0, 0.1) is 6.92 Å². The molecule has 0 aliphatic carbocycles. The summed E-state index contributed by atoms with van der Waals surface area (Å²) in [7, 11) is 0. The Balaban J connectivity index is 1.76. The topological polar surface area (TPSA) is 68.9 Å². The van der Waals surface area contributed by atoms with Crippen LogP contribution in [0.4, 0.5) is 5.69 Å². The summed E-state index contributed by atoms with van der Waals surface area (Å²) in [5.41, 5.74) is 2.40. The molecule has 6 nitrogen and oxygen atoms in total. The largest absolute Gasteiger partial charge is 0.323 e. The molecule has 2 heterocycles. The van der Waals surface area contributed by atoms with E-state index in [2.05, 4.69) is 10.3 Å². The smallest absolute Gasteiger partial charge is 0.280 e. The van der Waals surface area contributed by atoms with Gasteiger partial charge < -0.3 is 5.32 Å². The van der Waals surface area contributed by atoms with Crippen molar-refractivity contribution >= 4 is 34.2 Å². The van der Waals surface area contributed by atoms with E-state index in [0.29, 0.717) is 27.4 Å². The number of aromatic nitrogens is 3. The second-order valence-corrected chi connectivity index (χ2v) is 6.82. The van der Waals surface area contributed by atoms with Crippen LogP contribution in [-0.2, 0) is 11.3 Å². The van der Waals surface area contributed by atoms with Crippen LogP contribution in [0.15, 0.2) is 71.7 Å². The van der Waals surface area contributed by atoms with Crippen LogP contribution in [0.25, 0.3) is 16.7 Å². The van der Waals surface area contributed by atoms with Crippen molar-refractivity contribution in [1.82, 2.24) is 14.3 Å². The molecule has 0 saturated carbocycles. The maximum Gasteiger partial charge on any atom is 0.280 e. The van der Waals surface area contributed by atoms with Crippen molar-refractivity contribution in [3.63, 3.8) is 0 Å². The number of nitrogens with one attached hydrogen (secondary N) is 1. The number of carbonyl (C=O) groups is 1. The quantitative estimate of drug-likeness (QED) is 0.574. The van der Waals surface area contributed by atoms with E-state index < -0.39 is 0 Å². The normalized spacial score (nSPS) is 10.9. The van der Waals surface area contributed by atoms with Gasteiger partial charge in [-0.3, -0.25) is 14.3 Å². The Morgan fingerprint density at radius 3 is 2.64 bits per heavy atom. The Kier molecular flexibility index (Phi) is 4.71. The van der Waals surface area contributed by atoms with E-state index in [-0.39, 0.29) is 18.0 Å². The van der Waals surface area contributed by atoms with Crippen LogP contribution >= 0.6 is 11.6 Å². The van der Waals surface area contributed by atoms with Gasteiger partial charge in [0.2, 0.25) is 5.91 Å². The molecule has 0 atom stereocenters. The molecule has 1 N–H and O–H groups in total. The summed E-state index contributed by atoms with van der Waals surface area (Å²) in [5, 5.41) is 3.72. The number of pyridine rings is 1. The van der Waals surface area contributed by atoms with Crippen LogP contribution in [-0.4, -0.2) is 20.3 Å². The molecule has 1 amide bonds. The van der Waals surface area contributed by atoms with E-state index >= 15 is 0 Å². The van der Waals surface area contributed by atoms with Crippen molar-refractivity contribution in [3.8, 4) is 5.69 Å². The number of hydrogen-bond donors (Lipinski definition) is 1. The first-order valence-corrected chi connectivity index (χ1v) is 9.10. The lowest BCUT2D eigenvalue weighted by Gasteiger charge is -2.13. The molecule has 4 aromatic rings. The van der Waals surface area contributed by atoms with E-state index in [1.807, 2.05) is 43.3 Å². The van der Waals surface area contributed by atoms with Gasteiger partial charge in [0.1, 0.15) is 6.54 Å². The SMILES string of the molecule is Cc1ccc(NC(=O)Cn2c3ncccc3c(=O)n2-c2ccccc2)c(Cl)c1. The lowest BCUT2D eigenvalue weighted by atomic mass is 10.2. The molecule has 0 spiro atoms. The first-order chi connectivity index (χ1) is 13.5. The van der Waals surface area contributed by atoms with Crippen molar-refractivity contribution in [1.29, 1.82) is 0 Å². The number of nitrogens with zero attached hydrogens (tertiary/aromatic N) is 3. The maximum atomic E-state index is 12.9. The van der Waals surface area contributed by atoms with Crippen LogP contribution in [0.3, 0.4) is 0 Å². The lowest BCUT2D eigenvalue weighted by molar-refractivity contribution is -0.116. The zero-order valence-corrected chi connectivity index (χ0v) is 15.8. The average molecular weight is 393 g/mol. The van der Waals surface area contributed by atoms with Gasteiger partial charge in [-0.15, -0.1) is 0 Å². The number of amides is 1. The molecule has 4 rings (SSSR count). The van der Waals surface area contributed by atoms with Gasteiger partial charge in [-0.1, -0.05) is 35.9 Å². The average Bonchev–Trinajstić information content (AvgIpc) is 2.97. The zero-order chi connectivity index (χ0) is 19.7. The second-order valence-electron chi connectivity index (χ2n) is 6.42. The van der Waals surface area contributed by atoms with Gasteiger partial charge in [0.05, 0.1) is 21.8 Å². The minimum Gasteiger partial charge on any atom is -0.323 e. The highest BCUT2D eigenvalue weighted by molar-refractivity contribution is 6.33. The Morgan fingerprint density at radius 2 is 1.89 bits per heavy atom. The number of halogens is 1. The van der Waals surface area contributed by atoms with E-state index in [9.17, 15) is 9.59 Å². The number of fused-ring (bicyclic) bond motifs is 1. The molecule has 0 fully saturated rings. The molecule has 0 radical (unpaired) electrons. The van der Waals surface area contributed by atoms with Gasteiger partial charge in [0.15, 0.2) is 5.65 Å². The number of benzene rings is 2.